The molecule has 3 N–H and O–H groups in total. The number of hydrogen-bond donors (Lipinski definition) is 3. The monoisotopic (exact) mass is 299 g/mol. The Balaban J connectivity index is 2.23. The van der Waals surface area contributed by atoms with Crippen LogP contribution < -0.4 is 4.72 Å². The molecule has 2 rings (SSSR count). The van der Waals surface area contributed by atoms with Crippen molar-refractivity contribution in [2.24, 2.45) is 0 Å². The lowest BCUT2D eigenvalue weighted by molar-refractivity contribution is 0.0696. The Labute approximate surface area is 113 Å². The second-order valence-electron chi connectivity index (χ2n) is 3.88. The van der Waals surface area contributed by atoms with Crippen molar-refractivity contribution in [3.05, 3.63) is 47.5 Å². The lowest BCUT2D eigenvalue weighted by atomic mass is 10.2. The van der Waals surface area contributed by atoms with Crippen LogP contribution in [0.2, 0.25) is 0 Å². The van der Waals surface area contributed by atoms with E-state index in [1.54, 1.807) is 0 Å². The first kappa shape index (κ1) is 14.2. The van der Waals surface area contributed by atoms with Gasteiger partial charge in [0.05, 0.1) is 11.8 Å². The third kappa shape index (κ3) is 3.00. The minimum absolute atomic E-state index is 0.0566. The molecule has 1 aromatic heterocycles. The van der Waals surface area contributed by atoms with Gasteiger partial charge >= 0.3 is 5.97 Å². The number of halogens is 1. The fourth-order valence-electron chi connectivity index (χ4n) is 1.48. The maximum absolute atomic E-state index is 13.7. The maximum Gasteiger partial charge on any atom is 0.335 e. The molecule has 106 valence electrons. The quantitative estimate of drug-likeness (QED) is 0.753. The van der Waals surface area contributed by atoms with Crippen LogP contribution in [0.15, 0.2) is 35.5 Å². The molecule has 0 fully saturated rings. The summed E-state index contributed by atoms with van der Waals surface area (Å²) < 4.78 is 39.7. The summed E-state index contributed by atoms with van der Waals surface area (Å²) in [6.45, 7) is -0.0566. The number of nitrogens with zero attached hydrogens (tertiary/aromatic N) is 1. The molecule has 1 aromatic carbocycles. The van der Waals surface area contributed by atoms with Crippen LogP contribution in [0.1, 0.15) is 15.9 Å². The van der Waals surface area contributed by atoms with E-state index in [-0.39, 0.29) is 12.1 Å². The summed E-state index contributed by atoms with van der Waals surface area (Å²) in [7, 11) is -4.07. The Bertz CT molecular complexity index is 728. The average molecular weight is 299 g/mol. The van der Waals surface area contributed by atoms with Gasteiger partial charge in [0, 0.05) is 18.3 Å². The van der Waals surface area contributed by atoms with Gasteiger partial charge in [-0.05, 0) is 18.2 Å². The molecule has 0 atom stereocenters. The van der Waals surface area contributed by atoms with E-state index in [1.165, 1.54) is 12.4 Å². The molecule has 20 heavy (non-hydrogen) atoms. The topological polar surface area (TPSA) is 112 Å². The molecule has 2 aromatic rings. The number of rotatable bonds is 5. The minimum Gasteiger partial charge on any atom is -0.478 e. The number of hydrogen-bond acceptors (Lipinski definition) is 4. The molecule has 7 nitrogen and oxygen atoms in total. The predicted octanol–water partition coefficient (Wildman–Crippen LogP) is 0.725. The van der Waals surface area contributed by atoms with E-state index in [0.717, 1.165) is 12.1 Å². The number of sulfonamides is 1. The van der Waals surface area contributed by atoms with Crippen molar-refractivity contribution in [3.8, 4) is 0 Å². The number of nitrogens with one attached hydrogen (secondary N) is 2. The average Bonchev–Trinajstić information content (AvgIpc) is 2.89. The Hall–Kier alpha value is -2.26. The Kier molecular flexibility index (Phi) is 3.81. The van der Waals surface area contributed by atoms with E-state index in [9.17, 15) is 17.6 Å². The van der Waals surface area contributed by atoms with Gasteiger partial charge < -0.3 is 5.11 Å². The van der Waals surface area contributed by atoms with Gasteiger partial charge in [-0.25, -0.2) is 22.3 Å². The second kappa shape index (κ2) is 5.39. The molecular formula is C11H10FN3O4S. The molecule has 0 spiro atoms. The highest BCUT2D eigenvalue weighted by molar-refractivity contribution is 7.89. The minimum atomic E-state index is -4.07. The molecule has 0 unspecified atom stereocenters. The highest BCUT2D eigenvalue weighted by Crippen LogP contribution is 2.16. The van der Waals surface area contributed by atoms with Gasteiger partial charge in [0.1, 0.15) is 10.7 Å². The van der Waals surface area contributed by atoms with E-state index in [2.05, 4.69) is 14.9 Å². The summed E-state index contributed by atoms with van der Waals surface area (Å²) in [6, 6.07) is 2.60. The molecule has 0 radical (unpaired) electrons. The van der Waals surface area contributed by atoms with Gasteiger partial charge in [-0.1, -0.05) is 0 Å². The summed E-state index contributed by atoms with van der Waals surface area (Å²) in [5.41, 5.74) is 0.257. The predicted molar refractivity (Wildman–Crippen MR) is 66.0 cm³/mol. The van der Waals surface area contributed by atoms with E-state index < -0.39 is 26.7 Å². The Morgan fingerprint density at radius 3 is 2.75 bits per heavy atom. The number of benzene rings is 1. The molecule has 0 amide bonds. The van der Waals surface area contributed by atoms with Crippen molar-refractivity contribution >= 4 is 16.0 Å². The molecule has 0 bridgehead atoms. The van der Waals surface area contributed by atoms with Gasteiger partial charge in [-0.3, -0.25) is 5.10 Å². The van der Waals surface area contributed by atoms with Crippen molar-refractivity contribution in [3.63, 3.8) is 0 Å². The van der Waals surface area contributed by atoms with Crippen molar-refractivity contribution < 1.29 is 22.7 Å². The fraction of sp³-hybridized carbons (Fsp3) is 0.0909. The number of carboxylic acid groups (broad SMARTS) is 1. The molecule has 1 heterocycles. The van der Waals surface area contributed by atoms with Crippen molar-refractivity contribution in [2.45, 2.75) is 11.4 Å². The van der Waals surface area contributed by atoms with Crippen LogP contribution in [0, 0.1) is 5.82 Å². The van der Waals surface area contributed by atoms with Gasteiger partial charge in [0.2, 0.25) is 10.0 Å². The number of carboxylic acids is 1. The first-order valence-electron chi connectivity index (χ1n) is 5.40. The SMILES string of the molecule is O=C(O)c1ccc(S(=O)(=O)NCc2cn[nH]c2)c(F)c1. The summed E-state index contributed by atoms with van der Waals surface area (Å²) in [5, 5.41) is 14.8. The number of carbonyl (C=O) groups is 1. The molecule has 9 heteroatoms. The molecule has 0 aliphatic heterocycles. The first-order valence-corrected chi connectivity index (χ1v) is 6.88. The Morgan fingerprint density at radius 1 is 1.45 bits per heavy atom. The smallest absolute Gasteiger partial charge is 0.335 e. The van der Waals surface area contributed by atoms with Crippen LogP contribution in [0.25, 0.3) is 0 Å². The van der Waals surface area contributed by atoms with Crippen LogP contribution in [-0.4, -0.2) is 29.7 Å². The zero-order valence-electron chi connectivity index (χ0n) is 10.00. The second-order valence-corrected chi connectivity index (χ2v) is 5.62. The van der Waals surface area contributed by atoms with Crippen molar-refractivity contribution in [1.82, 2.24) is 14.9 Å². The van der Waals surface area contributed by atoms with Crippen LogP contribution in [-0.2, 0) is 16.6 Å². The van der Waals surface area contributed by atoms with Gasteiger partial charge in [-0.15, -0.1) is 0 Å². The van der Waals surface area contributed by atoms with E-state index in [4.69, 9.17) is 5.11 Å². The number of aromatic nitrogens is 2. The van der Waals surface area contributed by atoms with Crippen molar-refractivity contribution in [1.29, 1.82) is 0 Å². The molecule has 0 saturated heterocycles. The number of H-pyrrole nitrogens is 1. The number of aromatic amines is 1. The highest BCUT2D eigenvalue weighted by atomic mass is 32.2. The van der Waals surface area contributed by atoms with Crippen LogP contribution in [0.4, 0.5) is 4.39 Å². The third-order valence-corrected chi connectivity index (χ3v) is 3.92. The van der Waals surface area contributed by atoms with Crippen LogP contribution >= 0.6 is 0 Å². The standard InChI is InChI=1S/C11H10FN3O4S/c12-9-3-8(11(16)17)1-2-10(9)20(18,19)15-6-7-4-13-14-5-7/h1-5,15H,6H2,(H,13,14)(H,16,17). The third-order valence-electron chi connectivity index (χ3n) is 2.49. The molecule has 0 aliphatic rings. The zero-order chi connectivity index (χ0) is 14.8. The molecule has 0 saturated carbocycles. The highest BCUT2D eigenvalue weighted by Gasteiger charge is 2.20. The molecule has 0 aliphatic carbocycles. The van der Waals surface area contributed by atoms with Crippen molar-refractivity contribution in [2.75, 3.05) is 0 Å². The lowest BCUT2D eigenvalue weighted by Gasteiger charge is -2.07. The molecular weight excluding hydrogens is 289 g/mol. The first-order chi connectivity index (χ1) is 9.40. The summed E-state index contributed by atoms with van der Waals surface area (Å²) in [6.07, 6.45) is 2.92. The zero-order valence-corrected chi connectivity index (χ0v) is 10.8. The largest absolute Gasteiger partial charge is 0.478 e. The van der Waals surface area contributed by atoms with Crippen LogP contribution in [0.5, 0.6) is 0 Å². The van der Waals surface area contributed by atoms with Gasteiger partial charge in [0.25, 0.3) is 0 Å². The summed E-state index contributed by atoms with van der Waals surface area (Å²) >= 11 is 0. The van der Waals surface area contributed by atoms with Crippen LogP contribution in [0.3, 0.4) is 0 Å². The Morgan fingerprint density at radius 2 is 2.20 bits per heavy atom. The number of aromatic carboxylic acids is 1. The lowest BCUT2D eigenvalue weighted by Crippen LogP contribution is -2.24. The van der Waals surface area contributed by atoms with E-state index in [1.807, 2.05) is 0 Å². The van der Waals surface area contributed by atoms with Gasteiger partial charge in [-0.2, -0.15) is 5.10 Å². The normalized spacial score (nSPS) is 11.4. The maximum atomic E-state index is 13.7. The summed E-state index contributed by atoms with van der Waals surface area (Å²) in [5.74, 6) is -2.45. The van der Waals surface area contributed by atoms with E-state index >= 15 is 0 Å². The van der Waals surface area contributed by atoms with E-state index in [0.29, 0.717) is 11.6 Å². The fourth-order valence-corrected chi connectivity index (χ4v) is 2.56. The van der Waals surface area contributed by atoms with Gasteiger partial charge in [0.15, 0.2) is 0 Å². The summed E-state index contributed by atoms with van der Waals surface area (Å²) in [4.78, 5) is 10.0.